The predicted octanol–water partition coefficient (Wildman–Crippen LogP) is 3.17. The van der Waals surface area contributed by atoms with Gasteiger partial charge in [-0.05, 0) is 42.5 Å². The molecule has 1 rings (SSSR count). The molecule has 0 bridgehead atoms. The first kappa shape index (κ1) is 13.0. The van der Waals surface area contributed by atoms with Gasteiger partial charge in [-0.1, -0.05) is 32.9 Å². The van der Waals surface area contributed by atoms with Crippen molar-refractivity contribution in [1.82, 2.24) is 0 Å². The molecule has 2 heteroatoms. The molecule has 0 aliphatic heterocycles. The van der Waals surface area contributed by atoms with E-state index in [9.17, 15) is 0 Å². The van der Waals surface area contributed by atoms with Crippen LogP contribution in [0, 0.1) is 5.92 Å². The van der Waals surface area contributed by atoms with Gasteiger partial charge in [0, 0.05) is 0 Å². The highest BCUT2D eigenvalue weighted by Gasteiger charge is 2.03. The molecule has 0 aliphatic rings. The fraction of sp³-hybridized carbons (Fsp3) is 0.571. The van der Waals surface area contributed by atoms with Crippen LogP contribution < -0.4 is 10.5 Å². The lowest BCUT2D eigenvalue weighted by atomic mass is 10.0. The summed E-state index contributed by atoms with van der Waals surface area (Å²) in [5.41, 5.74) is 6.85. The molecule has 90 valence electrons. The number of nitrogens with two attached hydrogens (primary N) is 1. The average Bonchev–Trinajstić information content (AvgIpc) is 2.27. The molecule has 0 fully saturated rings. The summed E-state index contributed by atoms with van der Waals surface area (Å²) in [7, 11) is 0. The summed E-state index contributed by atoms with van der Waals surface area (Å²) < 4.78 is 5.70. The Morgan fingerprint density at radius 2 is 1.75 bits per heavy atom. The number of ether oxygens (including phenoxy) is 1. The summed E-state index contributed by atoms with van der Waals surface area (Å²) in [6.45, 7) is 8.03. The van der Waals surface area contributed by atoms with E-state index in [1.807, 2.05) is 12.1 Å². The average molecular weight is 221 g/mol. The summed E-state index contributed by atoms with van der Waals surface area (Å²) in [6.07, 6.45) is 1.02. The molecule has 0 aromatic heterocycles. The van der Waals surface area contributed by atoms with Crippen molar-refractivity contribution in [3.63, 3.8) is 0 Å². The van der Waals surface area contributed by atoms with Crippen LogP contribution in [-0.4, -0.2) is 13.2 Å². The van der Waals surface area contributed by atoms with Gasteiger partial charge >= 0.3 is 0 Å². The SMILES string of the molecule is CC(CCN)COc1ccc(C(C)C)cc1. The van der Waals surface area contributed by atoms with Crippen molar-refractivity contribution in [3.8, 4) is 5.75 Å². The van der Waals surface area contributed by atoms with E-state index in [1.165, 1.54) is 5.56 Å². The fourth-order valence-electron chi connectivity index (χ4n) is 1.56. The normalized spacial score (nSPS) is 12.8. The van der Waals surface area contributed by atoms with Gasteiger partial charge in [-0.25, -0.2) is 0 Å². The molecule has 0 heterocycles. The quantitative estimate of drug-likeness (QED) is 0.800. The van der Waals surface area contributed by atoms with E-state index in [4.69, 9.17) is 10.5 Å². The molecule has 16 heavy (non-hydrogen) atoms. The molecule has 1 unspecified atom stereocenters. The zero-order valence-electron chi connectivity index (χ0n) is 10.6. The predicted molar refractivity (Wildman–Crippen MR) is 68.9 cm³/mol. The van der Waals surface area contributed by atoms with Crippen molar-refractivity contribution in [3.05, 3.63) is 29.8 Å². The van der Waals surface area contributed by atoms with Crippen molar-refractivity contribution in [2.24, 2.45) is 11.7 Å². The first-order chi connectivity index (χ1) is 7.63. The Labute approximate surface area is 98.8 Å². The molecular formula is C14H23NO. The van der Waals surface area contributed by atoms with Crippen molar-refractivity contribution in [2.75, 3.05) is 13.2 Å². The van der Waals surface area contributed by atoms with Crippen LogP contribution in [0.1, 0.15) is 38.7 Å². The van der Waals surface area contributed by atoms with E-state index in [0.29, 0.717) is 11.8 Å². The van der Waals surface area contributed by atoms with Crippen LogP contribution in [0.3, 0.4) is 0 Å². The van der Waals surface area contributed by atoms with Crippen LogP contribution in [0.4, 0.5) is 0 Å². The van der Waals surface area contributed by atoms with Gasteiger partial charge in [0.05, 0.1) is 6.61 Å². The third-order valence-corrected chi connectivity index (χ3v) is 2.74. The number of hydrogen-bond acceptors (Lipinski definition) is 2. The molecule has 0 amide bonds. The van der Waals surface area contributed by atoms with E-state index >= 15 is 0 Å². The van der Waals surface area contributed by atoms with Gasteiger partial charge in [0.25, 0.3) is 0 Å². The molecular weight excluding hydrogens is 198 g/mol. The Morgan fingerprint density at radius 1 is 1.12 bits per heavy atom. The monoisotopic (exact) mass is 221 g/mol. The van der Waals surface area contributed by atoms with E-state index < -0.39 is 0 Å². The first-order valence-corrected chi connectivity index (χ1v) is 6.06. The maximum atomic E-state index is 5.70. The zero-order chi connectivity index (χ0) is 12.0. The molecule has 1 aromatic carbocycles. The van der Waals surface area contributed by atoms with E-state index in [1.54, 1.807) is 0 Å². The number of rotatable bonds is 6. The molecule has 2 N–H and O–H groups in total. The Hall–Kier alpha value is -1.02. The highest BCUT2D eigenvalue weighted by molar-refractivity contribution is 5.28. The maximum absolute atomic E-state index is 5.70. The largest absolute Gasteiger partial charge is 0.493 e. The third-order valence-electron chi connectivity index (χ3n) is 2.74. The summed E-state index contributed by atoms with van der Waals surface area (Å²) in [5.74, 6) is 2.05. The van der Waals surface area contributed by atoms with Crippen molar-refractivity contribution >= 4 is 0 Å². The van der Waals surface area contributed by atoms with Crippen LogP contribution in [0.15, 0.2) is 24.3 Å². The van der Waals surface area contributed by atoms with E-state index in [0.717, 1.165) is 25.3 Å². The number of hydrogen-bond donors (Lipinski definition) is 1. The number of benzene rings is 1. The Bertz CT molecular complexity index is 292. The smallest absolute Gasteiger partial charge is 0.119 e. The van der Waals surface area contributed by atoms with Gasteiger partial charge in [0.1, 0.15) is 5.75 Å². The summed E-state index contributed by atoms with van der Waals surface area (Å²) in [6, 6.07) is 8.36. The van der Waals surface area contributed by atoms with Crippen LogP contribution in [-0.2, 0) is 0 Å². The molecule has 0 saturated carbocycles. The topological polar surface area (TPSA) is 35.2 Å². The summed E-state index contributed by atoms with van der Waals surface area (Å²) in [5, 5.41) is 0. The summed E-state index contributed by atoms with van der Waals surface area (Å²) in [4.78, 5) is 0. The Morgan fingerprint density at radius 3 is 2.25 bits per heavy atom. The Kier molecular flexibility index (Phi) is 5.33. The second-order valence-electron chi connectivity index (χ2n) is 4.72. The highest BCUT2D eigenvalue weighted by Crippen LogP contribution is 2.19. The van der Waals surface area contributed by atoms with E-state index in [-0.39, 0.29) is 0 Å². The van der Waals surface area contributed by atoms with Crippen LogP contribution in [0.25, 0.3) is 0 Å². The van der Waals surface area contributed by atoms with Gasteiger partial charge in [-0.2, -0.15) is 0 Å². The van der Waals surface area contributed by atoms with Gasteiger partial charge in [0.15, 0.2) is 0 Å². The zero-order valence-corrected chi connectivity index (χ0v) is 10.6. The lowest BCUT2D eigenvalue weighted by molar-refractivity contribution is 0.254. The molecule has 0 radical (unpaired) electrons. The van der Waals surface area contributed by atoms with Crippen LogP contribution in [0.5, 0.6) is 5.75 Å². The Balaban J connectivity index is 2.43. The molecule has 0 aliphatic carbocycles. The first-order valence-electron chi connectivity index (χ1n) is 6.06. The van der Waals surface area contributed by atoms with Crippen molar-refractivity contribution < 1.29 is 4.74 Å². The maximum Gasteiger partial charge on any atom is 0.119 e. The standard InChI is InChI=1S/C14H23NO/c1-11(2)13-4-6-14(7-5-13)16-10-12(3)8-9-15/h4-7,11-12H,8-10,15H2,1-3H3. The lowest BCUT2D eigenvalue weighted by Crippen LogP contribution is -2.13. The molecule has 1 aromatic rings. The van der Waals surface area contributed by atoms with Gasteiger partial charge in [-0.3, -0.25) is 0 Å². The minimum Gasteiger partial charge on any atom is -0.493 e. The third kappa shape index (κ3) is 4.23. The van der Waals surface area contributed by atoms with Gasteiger partial charge in [-0.15, -0.1) is 0 Å². The van der Waals surface area contributed by atoms with Crippen LogP contribution >= 0.6 is 0 Å². The second kappa shape index (κ2) is 6.54. The fourth-order valence-corrected chi connectivity index (χ4v) is 1.56. The highest BCUT2D eigenvalue weighted by atomic mass is 16.5. The van der Waals surface area contributed by atoms with Crippen molar-refractivity contribution in [1.29, 1.82) is 0 Å². The lowest BCUT2D eigenvalue weighted by Gasteiger charge is -2.12. The minimum absolute atomic E-state index is 0.523. The summed E-state index contributed by atoms with van der Waals surface area (Å²) >= 11 is 0. The van der Waals surface area contributed by atoms with Crippen LogP contribution in [0.2, 0.25) is 0 Å². The molecule has 1 atom stereocenters. The van der Waals surface area contributed by atoms with Gasteiger partial charge < -0.3 is 10.5 Å². The van der Waals surface area contributed by atoms with Gasteiger partial charge in [0.2, 0.25) is 0 Å². The minimum atomic E-state index is 0.523. The second-order valence-corrected chi connectivity index (χ2v) is 4.72. The molecule has 2 nitrogen and oxygen atoms in total. The molecule has 0 saturated heterocycles. The van der Waals surface area contributed by atoms with Crippen molar-refractivity contribution in [2.45, 2.75) is 33.1 Å². The molecule has 0 spiro atoms. The van der Waals surface area contributed by atoms with E-state index in [2.05, 4.69) is 32.9 Å².